The number of hydrogen-bond acceptors (Lipinski definition) is 4. The maximum Gasteiger partial charge on any atom is 0.311 e. The van der Waals surface area contributed by atoms with Crippen LogP contribution in [0.25, 0.3) is 10.9 Å². The van der Waals surface area contributed by atoms with Gasteiger partial charge in [-0.25, -0.2) is 0 Å². The van der Waals surface area contributed by atoms with Crippen LogP contribution >= 0.6 is 11.8 Å². The first kappa shape index (κ1) is 19.3. The van der Waals surface area contributed by atoms with E-state index in [1.807, 2.05) is 46.8 Å². The number of carbonyl (C=O) groups is 2. The third kappa shape index (κ3) is 3.94. The lowest BCUT2D eigenvalue weighted by Gasteiger charge is -2.31. The van der Waals surface area contributed by atoms with Gasteiger partial charge < -0.3 is 14.8 Å². The van der Waals surface area contributed by atoms with Gasteiger partial charge in [0, 0.05) is 31.0 Å². The zero-order valence-electron chi connectivity index (χ0n) is 16.2. The van der Waals surface area contributed by atoms with Gasteiger partial charge in [-0.2, -0.15) is 4.99 Å². The van der Waals surface area contributed by atoms with Crippen molar-refractivity contribution in [2.45, 2.75) is 12.8 Å². The fourth-order valence-corrected chi connectivity index (χ4v) is 4.63. The van der Waals surface area contributed by atoms with Crippen LogP contribution in [0.15, 0.2) is 46.3 Å². The van der Waals surface area contributed by atoms with Crippen LogP contribution < -0.4 is 5.32 Å². The molecule has 1 saturated heterocycles. The summed E-state index contributed by atoms with van der Waals surface area (Å²) in [5.41, 5.74) is 1.78. The first-order valence-electron chi connectivity index (χ1n) is 9.60. The summed E-state index contributed by atoms with van der Waals surface area (Å²) >= 11 is 1.13. The summed E-state index contributed by atoms with van der Waals surface area (Å²) in [6.07, 6.45) is 9.09. The van der Waals surface area contributed by atoms with Gasteiger partial charge in [-0.05, 0) is 42.7 Å². The Hall–Kier alpha value is -2.98. The molecule has 1 aromatic heterocycles. The third-order valence-corrected chi connectivity index (χ3v) is 6.19. The minimum atomic E-state index is -0.223. The molecule has 0 radical (unpaired) electrons. The van der Waals surface area contributed by atoms with Gasteiger partial charge in [0.05, 0.1) is 11.4 Å². The summed E-state index contributed by atoms with van der Waals surface area (Å²) in [6, 6.07) is 9.98. The minimum Gasteiger partial charge on any atom is -0.358 e. The molecule has 4 rings (SSSR count). The van der Waals surface area contributed by atoms with Gasteiger partial charge in [0.2, 0.25) is 0 Å². The molecule has 2 aromatic rings. The van der Waals surface area contributed by atoms with E-state index in [4.69, 9.17) is 6.42 Å². The van der Waals surface area contributed by atoms with Crippen LogP contribution in [-0.4, -0.2) is 46.1 Å². The van der Waals surface area contributed by atoms with Crippen molar-refractivity contribution in [3.05, 3.63) is 47.0 Å². The van der Waals surface area contributed by atoms with Crippen molar-refractivity contribution in [3.8, 4) is 12.3 Å². The predicted octanol–water partition coefficient (Wildman–Crippen LogP) is 3.40. The number of para-hydroxylation sites is 1. The Morgan fingerprint density at radius 2 is 2.14 bits per heavy atom. The normalized spacial score (nSPS) is 18.9. The molecule has 0 saturated carbocycles. The Morgan fingerprint density at radius 1 is 1.38 bits per heavy atom. The molecule has 1 aromatic carbocycles. The van der Waals surface area contributed by atoms with Crippen LogP contribution in [-0.2, 0) is 7.05 Å². The second-order valence-electron chi connectivity index (χ2n) is 7.19. The highest BCUT2D eigenvalue weighted by Gasteiger charge is 2.27. The Morgan fingerprint density at radius 3 is 2.86 bits per heavy atom. The molecular formula is C22H22N4O2S. The Kier molecular flexibility index (Phi) is 5.45. The van der Waals surface area contributed by atoms with E-state index in [0.29, 0.717) is 37.1 Å². The lowest BCUT2D eigenvalue weighted by Crippen LogP contribution is -2.39. The average Bonchev–Trinajstić information content (AvgIpc) is 3.26. The summed E-state index contributed by atoms with van der Waals surface area (Å²) in [5.74, 6) is 3.43. The number of aliphatic imine (C=N–C) groups is 1. The molecule has 1 N–H and O–H groups in total. The zero-order valence-corrected chi connectivity index (χ0v) is 17.0. The minimum absolute atomic E-state index is 0.0677. The summed E-state index contributed by atoms with van der Waals surface area (Å²) in [4.78, 5) is 31.4. The molecule has 2 amide bonds. The van der Waals surface area contributed by atoms with Crippen LogP contribution in [0.3, 0.4) is 0 Å². The number of terminal acetylenes is 1. The van der Waals surface area contributed by atoms with Crippen LogP contribution in [0.5, 0.6) is 0 Å². The van der Waals surface area contributed by atoms with Crippen LogP contribution in [0.1, 0.15) is 23.3 Å². The molecule has 0 bridgehead atoms. The number of rotatable bonds is 3. The van der Waals surface area contributed by atoms with E-state index in [9.17, 15) is 9.59 Å². The summed E-state index contributed by atoms with van der Waals surface area (Å²) < 4.78 is 1.96. The summed E-state index contributed by atoms with van der Waals surface area (Å²) in [6.45, 7) is 1.72. The van der Waals surface area contributed by atoms with Crippen molar-refractivity contribution in [2.75, 3.05) is 19.6 Å². The van der Waals surface area contributed by atoms with Gasteiger partial charge in [-0.1, -0.05) is 30.2 Å². The first-order chi connectivity index (χ1) is 14.1. The van der Waals surface area contributed by atoms with E-state index in [1.165, 1.54) is 0 Å². The fraction of sp³-hybridized carbons (Fsp3) is 0.318. The van der Waals surface area contributed by atoms with E-state index < -0.39 is 0 Å². The number of fused-ring (bicyclic) bond motifs is 1. The molecule has 2 aliphatic rings. The molecule has 6 nitrogen and oxygen atoms in total. The Labute approximate surface area is 174 Å². The number of amides is 2. The summed E-state index contributed by atoms with van der Waals surface area (Å²) in [5, 5.41) is 3.86. The second kappa shape index (κ2) is 8.18. The Bertz CT molecular complexity index is 1070. The van der Waals surface area contributed by atoms with Gasteiger partial charge in [-0.15, -0.1) is 6.42 Å². The number of thioether (sulfide) groups is 1. The lowest BCUT2D eigenvalue weighted by atomic mass is 9.96. The highest BCUT2D eigenvalue weighted by atomic mass is 32.2. The second-order valence-corrected chi connectivity index (χ2v) is 8.19. The van der Waals surface area contributed by atoms with Crippen molar-refractivity contribution in [1.82, 2.24) is 14.8 Å². The van der Waals surface area contributed by atoms with Crippen LogP contribution in [0.4, 0.5) is 4.79 Å². The SMILES string of the molecule is C#CCNC1=NC(=O)SC1=CC1CCN(C(=O)c2cc3ccccc3n2C)CC1. The van der Waals surface area contributed by atoms with Gasteiger partial charge >= 0.3 is 5.24 Å². The van der Waals surface area contributed by atoms with E-state index in [-0.39, 0.29) is 11.1 Å². The van der Waals surface area contributed by atoms with Crippen molar-refractivity contribution in [2.24, 2.45) is 18.0 Å². The standard InChI is InChI=1S/C22H22N4O2S/c1-3-10-23-20-19(29-22(28)24-20)13-15-8-11-26(12-9-15)21(27)18-14-16-6-4-5-7-17(16)25(18)2/h1,4-7,13-15H,8-12H2,2H3,(H,23,24,28). The van der Waals surface area contributed by atoms with Gasteiger partial charge in [0.1, 0.15) is 11.5 Å². The number of amidine groups is 1. The predicted molar refractivity (Wildman–Crippen MR) is 117 cm³/mol. The number of allylic oxidation sites excluding steroid dienone is 1. The van der Waals surface area contributed by atoms with Crippen LogP contribution in [0, 0.1) is 18.3 Å². The maximum atomic E-state index is 13.0. The van der Waals surface area contributed by atoms with E-state index >= 15 is 0 Å². The molecule has 0 aliphatic carbocycles. The molecule has 0 spiro atoms. The molecule has 7 heteroatoms. The monoisotopic (exact) mass is 406 g/mol. The first-order valence-corrected chi connectivity index (χ1v) is 10.4. The van der Waals surface area contributed by atoms with E-state index in [2.05, 4.69) is 22.3 Å². The van der Waals surface area contributed by atoms with Crippen molar-refractivity contribution in [3.63, 3.8) is 0 Å². The van der Waals surface area contributed by atoms with E-state index in [1.54, 1.807) is 0 Å². The van der Waals surface area contributed by atoms with Crippen molar-refractivity contribution < 1.29 is 9.59 Å². The molecule has 0 unspecified atom stereocenters. The van der Waals surface area contributed by atoms with Crippen molar-refractivity contribution in [1.29, 1.82) is 0 Å². The molecule has 2 aliphatic heterocycles. The zero-order chi connectivity index (χ0) is 20.4. The fourth-order valence-electron chi connectivity index (χ4n) is 3.83. The number of nitrogens with zero attached hydrogens (tertiary/aromatic N) is 3. The van der Waals surface area contributed by atoms with Gasteiger partial charge in [0.15, 0.2) is 0 Å². The molecular weight excluding hydrogens is 384 g/mol. The van der Waals surface area contributed by atoms with Gasteiger partial charge in [0.25, 0.3) is 5.91 Å². The Balaban J connectivity index is 1.42. The van der Waals surface area contributed by atoms with Crippen molar-refractivity contribution >= 4 is 39.6 Å². The van der Waals surface area contributed by atoms with Crippen LogP contribution in [0.2, 0.25) is 0 Å². The molecule has 3 heterocycles. The van der Waals surface area contributed by atoms with E-state index in [0.717, 1.165) is 40.4 Å². The largest absolute Gasteiger partial charge is 0.358 e. The molecule has 29 heavy (non-hydrogen) atoms. The molecule has 0 atom stereocenters. The number of hydrogen-bond donors (Lipinski definition) is 1. The number of carbonyl (C=O) groups excluding carboxylic acids is 2. The number of piperidine rings is 1. The average molecular weight is 407 g/mol. The highest BCUT2D eigenvalue weighted by Crippen LogP contribution is 2.30. The number of aryl methyl sites for hydroxylation is 1. The quantitative estimate of drug-likeness (QED) is 0.794. The maximum absolute atomic E-state index is 13.0. The summed E-state index contributed by atoms with van der Waals surface area (Å²) in [7, 11) is 1.94. The highest BCUT2D eigenvalue weighted by molar-refractivity contribution is 8.18. The number of nitrogens with one attached hydrogen (secondary N) is 1. The molecule has 148 valence electrons. The lowest BCUT2D eigenvalue weighted by molar-refractivity contribution is 0.0696. The molecule has 1 fully saturated rings. The number of aromatic nitrogens is 1. The third-order valence-electron chi connectivity index (χ3n) is 5.38. The van der Waals surface area contributed by atoms with Gasteiger partial charge in [-0.3, -0.25) is 9.59 Å². The number of likely N-dealkylation sites (tertiary alicyclic amines) is 1. The topological polar surface area (TPSA) is 66.7 Å². The smallest absolute Gasteiger partial charge is 0.311 e. The number of benzene rings is 1.